The molecule has 1 aromatic heterocycles. The molecular weight excluding hydrogens is 648 g/mol. The Morgan fingerprint density at radius 1 is 1.14 bits per heavy atom. The van der Waals surface area contributed by atoms with Gasteiger partial charge in [-0.25, -0.2) is 14.6 Å². The van der Waals surface area contributed by atoms with Gasteiger partial charge >= 0.3 is 12.1 Å². The molecule has 3 aromatic rings. The molecule has 11 nitrogen and oxygen atoms in total. The number of carbonyl (C=O) groups is 4. The third-order valence-corrected chi connectivity index (χ3v) is 10.0. The molecule has 1 saturated carbocycles. The summed E-state index contributed by atoms with van der Waals surface area (Å²) >= 11 is 0. The van der Waals surface area contributed by atoms with Crippen LogP contribution in [0.5, 0.6) is 5.75 Å². The first kappa shape index (κ1) is 35.6. The number of cyclic esters (lactones) is 1. The minimum atomic E-state index is -1.48. The highest BCUT2D eigenvalue weighted by molar-refractivity contribution is 5.96. The molecule has 6 rings (SSSR count). The Labute approximate surface area is 298 Å². The number of allylic oxidation sites excluding steroid dienone is 1. The Balaban J connectivity index is 1.39. The van der Waals surface area contributed by atoms with Crippen molar-refractivity contribution < 1.29 is 33.8 Å². The fourth-order valence-corrected chi connectivity index (χ4v) is 7.02. The van der Waals surface area contributed by atoms with Crippen LogP contribution in [-0.2, 0) is 19.1 Å². The number of carbonyl (C=O) groups excluding carboxylic acids is 3. The highest BCUT2D eigenvalue weighted by atomic mass is 16.5. The normalized spacial score (nSPS) is 26.0. The predicted molar refractivity (Wildman–Crippen MR) is 194 cm³/mol. The van der Waals surface area contributed by atoms with Crippen molar-refractivity contribution in [3.05, 3.63) is 78.9 Å². The van der Waals surface area contributed by atoms with Crippen LogP contribution < -0.4 is 15.4 Å². The molecule has 3 N–H and O–H groups in total. The van der Waals surface area contributed by atoms with Gasteiger partial charge in [-0.15, -0.1) is 6.58 Å². The average Bonchev–Trinajstić information content (AvgIpc) is 3.70. The maximum atomic E-state index is 14.3. The van der Waals surface area contributed by atoms with Crippen LogP contribution in [0.25, 0.3) is 28.2 Å². The van der Waals surface area contributed by atoms with Gasteiger partial charge < -0.3 is 30.1 Å². The van der Waals surface area contributed by atoms with Crippen LogP contribution in [0.2, 0.25) is 0 Å². The lowest BCUT2D eigenvalue weighted by Crippen LogP contribution is -2.56. The molecule has 268 valence electrons. The number of aromatic nitrogens is 1. The van der Waals surface area contributed by atoms with Gasteiger partial charge in [-0.3, -0.25) is 9.59 Å². The first-order valence-electron chi connectivity index (χ1n) is 18.0. The highest BCUT2D eigenvalue weighted by Gasteiger charge is 2.61. The summed E-state index contributed by atoms with van der Waals surface area (Å²) in [6.45, 7) is 5.99. The van der Waals surface area contributed by atoms with Gasteiger partial charge in [-0.2, -0.15) is 0 Å². The second-order valence-corrected chi connectivity index (χ2v) is 13.7. The number of benzene rings is 2. The molecule has 0 unspecified atom stereocenters. The van der Waals surface area contributed by atoms with E-state index in [0.29, 0.717) is 30.7 Å². The molecule has 51 heavy (non-hydrogen) atoms. The zero-order chi connectivity index (χ0) is 36.0. The fourth-order valence-electron chi connectivity index (χ4n) is 7.02. The number of amides is 3. The summed E-state index contributed by atoms with van der Waals surface area (Å²) in [5.74, 6) is -2.06. The SMILES string of the molecule is C=C[C@@H]1C[C@]1(NC(=O)[C@@H]1C[C@@H]2CN1C(=O)[C@H](CCCC)NC(=O)OCCCCC/C=C/c1ccc3nc(-c4ccccc4)cc(c3c1)O2)C(=O)O. The van der Waals surface area contributed by atoms with E-state index in [2.05, 4.69) is 29.4 Å². The summed E-state index contributed by atoms with van der Waals surface area (Å²) in [6.07, 6.45) is 9.88. The van der Waals surface area contributed by atoms with Gasteiger partial charge in [0.1, 0.15) is 29.5 Å². The van der Waals surface area contributed by atoms with Gasteiger partial charge in [0.2, 0.25) is 11.8 Å². The Hall–Kier alpha value is -5.19. The molecule has 0 radical (unpaired) electrons. The van der Waals surface area contributed by atoms with Crippen LogP contribution in [0.4, 0.5) is 4.79 Å². The fraction of sp³-hybridized carbons (Fsp3) is 0.425. The molecule has 11 heteroatoms. The summed E-state index contributed by atoms with van der Waals surface area (Å²) in [6, 6.07) is 15.7. The lowest BCUT2D eigenvalue weighted by atomic mass is 10.1. The van der Waals surface area contributed by atoms with Crippen LogP contribution >= 0.6 is 0 Å². The van der Waals surface area contributed by atoms with Crippen molar-refractivity contribution in [2.45, 2.75) is 88.4 Å². The van der Waals surface area contributed by atoms with E-state index < -0.39 is 53.5 Å². The largest absolute Gasteiger partial charge is 0.488 e. The van der Waals surface area contributed by atoms with Crippen molar-refractivity contribution in [1.82, 2.24) is 20.5 Å². The molecule has 2 fully saturated rings. The topological polar surface area (TPSA) is 147 Å². The van der Waals surface area contributed by atoms with Crippen molar-refractivity contribution in [2.24, 2.45) is 5.92 Å². The number of nitrogens with one attached hydrogen (secondary N) is 2. The Morgan fingerprint density at radius 3 is 2.71 bits per heavy atom. The molecule has 1 aliphatic carbocycles. The Morgan fingerprint density at radius 2 is 1.96 bits per heavy atom. The first-order chi connectivity index (χ1) is 24.7. The Bertz CT molecular complexity index is 1810. The summed E-state index contributed by atoms with van der Waals surface area (Å²) < 4.78 is 12.2. The number of carboxylic acid groups (broad SMARTS) is 1. The third-order valence-electron chi connectivity index (χ3n) is 10.0. The van der Waals surface area contributed by atoms with Crippen molar-refractivity contribution in [3.8, 4) is 17.0 Å². The molecule has 4 bridgehead atoms. The lowest BCUT2D eigenvalue weighted by Gasteiger charge is -2.29. The van der Waals surface area contributed by atoms with E-state index in [0.717, 1.165) is 47.7 Å². The molecule has 3 amide bonds. The second kappa shape index (κ2) is 15.8. The number of unbranched alkanes of at least 4 members (excludes halogenated alkanes) is 1. The molecule has 0 spiro atoms. The predicted octanol–water partition coefficient (Wildman–Crippen LogP) is 6.27. The number of alkyl carbamates (subject to hydrolysis) is 1. The average molecular weight is 695 g/mol. The van der Waals surface area contributed by atoms with Crippen LogP contribution in [-0.4, -0.2) is 75.7 Å². The van der Waals surface area contributed by atoms with E-state index in [1.807, 2.05) is 61.5 Å². The minimum absolute atomic E-state index is 0.0469. The summed E-state index contributed by atoms with van der Waals surface area (Å²) in [5, 5.41) is 16.3. The van der Waals surface area contributed by atoms with E-state index in [9.17, 15) is 24.3 Å². The summed E-state index contributed by atoms with van der Waals surface area (Å²) in [5.41, 5.74) is 1.87. The van der Waals surface area contributed by atoms with Crippen LogP contribution in [0.15, 0.2) is 73.3 Å². The molecule has 3 aliphatic rings. The number of hydrogen-bond donors (Lipinski definition) is 3. The van der Waals surface area contributed by atoms with Crippen LogP contribution in [0.1, 0.15) is 70.3 Å². The number of pyridine rings is 1. The van der Waals surface area contributed by atoms with Gasteiger partial charge in [0.15, 0.2) is 0 Å². The van der Waals surface area contributed by atoms with Crippen molar-refractivity contribution in [3.63, 3.8) is 0 Å². The minimum Gasteiger partial charge on any atom is -0.488 e. The molecule has 1 saturated heterocycles. The van der Waals surface area contributed by atoms with E-state index in [1.165, 1.54) is 11.0 Å². The van der Waals surface area contributed by atoms with E-state index in [1.54, 1.807) is 0 Å². The summed E-state index contributed by atoms with van der Waals surface area (Å²) in [7, 11) is 0. The van der Waals surface area contributed by atoms with Gasteiger partial charge in [0, 0.05) is 29.4 Å². The van der Waals surface area contributed by atoms with Crippen molar-refractivity contribution in [1.29, 1.82) is 0 Å². The Kier molecular flexibility index (Phi) is 11.0. The monoisotopic (exact) mass is 694 g/mol. The number of fused-ring (bicyclic) bond motifs is 3. The van der Waals surface area contributed by atoms with Gasteiger partial charge in [-0.05, 0) is 56.2 Å². The lowest BCUT2D eigenvalue weighted by molar-refractivity contribution is -0.145. The van der Waals surface area contributed by atoms with Gasteiger partial charge in [0.25, 0.3) is 0 Å². The number of rotatable bonds is 8. The third kappa shape index (κ3) is 8.08. The highest BCUT2D eigenvalue weighted by Crippen LogP contribution is 2.45. The zero-order valence-electron chi connectivity index (χ0n) is 29.0. The van der Waals surface area contributed by atoms with Gasteiger partial charge in [0.05, 0.1) is 24.4 Å². The number of aliphatic carboxylic acids is 1. The number of hydrogen-bond acceptors (Lipinski definition) is 7. The molecule has 3 heterocycles. The number of nitrogens with zero attached hydrogens (tertiary/aromatic N) is 2. The van der Waals surface area contributed by atoms with E-state index >= 15 is 0 Å². The molecule has 2 aliphatic heterocycles. The maximum absolute atomic E-state index is 14.3. The molecular formula is C40H46N4O7. The maximum Gasteiger partial charge on any atom is 0.407 e. The van der Waals surface area contributed by atoms with E-state index in [4.69, 9.17) is 14.5 Å². The molecule has 5 atom stereocenters. The van der Waals surface area contributed by atoms with Gasteiger partial charge in [-0.1, -0.05) is 74.4 Å². The second-order valence-electron chi connectivity index (χ2n) is 13.7. The smallest absolute Gasteiger partial charge is 0.407 e. The first-order valence-corrected chi connectivity index (χ1v) is 18.0. The van der Waals surface area contributed by atoms with E-state index in [-0.39, 0.29) is 26.0 Å². The molecule has 2 aromatic carbocycles. The van der Waals surface area contributed by atoms with Crippen molar-refractivity contribution >= 4 is 40.9 Å². The standard InChI is InChI=1S/C40H46N4O7/c1-3-5-17-32-37(46)44-25-29(22-34(44)36(45)43-40(38(47)48)24-28(40)4-2)51-35-23-33(27-15-11-9-12-16-27)41-31-19-18-26(21-30(31)35)14-10-7-6-8-13-20-50-39(49)42-32/h4,9-12,14-16,18-19,21,23,28-29,32,34H,2-3,5-8,13,17,20,22,24-25H2,1H3,(H,42,49)(H,43,45)(H,47,48)/b14-10+/t28-,29-,32+,34+,40-/m1/s1. The number of carboxylic acids is 1. The zero-order valence-corrected chi connectivity index (χ0v) is 29.0. The quantitative estimate of drug-likeness (QED) is 0.234. The van der Waals surface area contributed by atoms with Crippen molar-refractivity contribution in [2.75, 3.05) is 13.2 Å². The van der Waals surface area contributed by atoms with Crippen LogP contribution in [0.3, 0.4) is 0 Å². The summed E-state index contributed by atoms with van der Waals surface area (Å²) in [4.78, 5) is 59.9. The number of ether oxygens (including phenoxy) is 2. The van der Waals surface area contributed by atoms with Crippen LogP contribution in [0, 0.1) is 5.92 Å².